The van der Waals surface area contributed by atoms with E-state index in [1.807, 2.05) is 0 Å². The third-order valence-corrected chi connectivity index (χ3v) is 33.7. The third kappa shape index (κ3) is 16.6. The van der Waals surface area contributed by atoms with Crippen molar-refractivity contribution >= 4 is 68.5 Å². The van der Waals surface area contributed by atoms with Crippen LogP contribution in [0.1, 0.15) is 92.9 Å². The summed E-state index contributed by atoms with van der Waals surface area (Å²) in [5.41, 5.74) is 3.77. The average Bonchev–Trinajstić information content (AvgIpc) is 3.02. The zero-order valence-corrected chi connectivity index (χ0v) is 42.9. The molecule has 2 N–H and O–H groups in total. The molecular weight excluding hydrogens is 922 g/mol. The molecule has 0 atom stereocenters. The van der Waals surface area contributed by atoms with Gasteiger partial charge in [0.2, 0.25) is 0 Å². The monoisotopic (exact) mass is 992 g/mol. The summed E-state index contributed by atoms with van der Waals surface area (Å²) in [6.07, 6.45) is 0. The zero-order valence-electron chi connectivity index (χ0n) is 36.4. The molecule has 0 aliphatic carbocycles. The molecule has 3 aromatic carbocycles. The van der Waals surface area contributed by atoms with Crippen molar-refractivity contribution in [2.45, 2.75) is 150 Å². The van der Waals surface area contributed by atoms with Gasteiger partial charge in [0, 0.05) is 13.8 Å². The van der Waals surface area contributed by atoms with Crippen molar-refractivity contribution in [3.05, 3.63) is 89.5 Å². The third-order valence-electron chi connectivity index (χ3n) is 10.8. The van der Waals surface area contributed by atoms with Crippen molar-refractivity contribution in [2.75, 3.05) is 0 Å². The van der Waals surface area contributed by atoms with Crippen LogP contribution in [-0.4, -0.2) is 68.9 Å². The predicted octanol–water partition coefficient (Wildman–Crippen LogP) is 9.95. The van der Waals surface area contributed by atoms with Crippen LogP contribution in [0.5, 0.6) is 0 Å². The van der Waals surface area contributed by atoms with E-state index in [0.717, 1.165) is 13.8 Å². The molecule has 0 saturated carbocycles. The maximum absolute atomic E-state index is 9.00. The molecule has 0 aliphatic heterocycles. The molecule has 0 saturated heterocycles. The van der Waals surface area contributed by atoms with Gasteiger partial charge >= 0.3 is 296 Å². The quantitative estimate of drug-likeness (QED) is 0.174. The van der Waals surface area contributed by atoms with Crippen molar-refractivity contribution < 1.29 is 33.1 Å². The van der Waals surface area contributed by atoms with Gasteiger partial charge in [-0.25, -0.2) is 0 Å². The summed E-state index contributed by atoms with van der Waals surface area (Å²) in [4.78, 5) is 18.0. The van der Waals surface area contributed by atoms with Gasteiger partial charge in [-0.3, -0.25) is 9.59 Å². The molecule has 302 valence electrons. The molecule has 0 radical (unpaired) electrons. The van der Waals surface area contributed by atoms with Gasteiger partial charge in [0.05, 0.1) is 0 Å². The van der Waals surface area contributed by atoms with E-state index >= 15 is 0 Å². The van der Waals surface area contributed by atoms with Gasteiger partial charge in [-0.05, 0) is 0 Å². The van der Waals surface area contributed by atoms with Gasteiger partial charge < -0.3 is 10.2 Å². The minimum atomic E-state index is -2.57. The number of carboxylic acid groups (broad SMARTS) is 2. The number of aliphatic carboxylic acids is 2. The summed E-state index contributed by atoms with van der Waals surface area (Å²) in [5, 5.41) is 15.5. The van der Waals surface area contributed by atoms with Crippen LogP contribution in [0.4, 0.5) is 0 Å². The van der Waals surface area contributed by atoms with Crippen molar-refractivity contribution in [1.82, 2.24) is 0 Å². The Morgan fingerprint density at radius 3 is 0.778 bits per heavy atom. The molecule has 0 amide bonds. The van der Waals surface area contributed by atoms with Gasteiger partial charge in [-0.1, -0.05) is 0 Å². The molecule has 0 bridgehead atoms. The molecule has 0 aliphatic rings. The molecule has 0 fully saturated rings. The van der Waals surface area contributed by atoms with Gasteiger partial charge in [0.15, 0.2) is 0 Å². The van der Waals surface area contributed by atoms with Crippen LogP contribution in [0.25, 0.3) is 0 Å². The predicted molar refractivity (Wildman–Crippen MR) is 237 cm³/mol. The van der Waals surface area contributed by atoms with Crippen LogP contribution in [0.2, 0.25) is 54.4 Å². The standard InChI is InChI=1S/3C13H21OSi.2C2H4O2.Bi/c3*1-13(2,3)15(4,5)14-11-12-9-7-6-8-10-12;2*1-2(3)4;/h3*7-10H,11H2,1-5H3;2*1H3,(H,3,4);. The van der Waals surface area contributed by atoms with Crippen molar-refractivity contribution in [3.8, 4) is 0 Å². The molecule has 0 heterocycles. The van der Waals surface area contributed by atoms with Crippen LogP contribution in [0.3, 0.4) is 0 Å². The number of carboxylic acids is 2. The first-order valence-corrected chi connectivity index (χ1v) is 32.7. The van der Waals surface area contributed by atoms with E-state index < -0.39 is 58.6 Å². The maximum atomic E-state index is 9.00. The van der Waals surface area contributed by atoms with Crippen molar-refractivity contribution in [1.29, 1.82) is 0 Å². The summed E-state index contributed by atoms with van der Waals surface area (Å²) in [5.74, 6) is -1.67. The molecule has 3 rings (SSSR count). The minimum absolute atomic E-state index is 0.206. The Balaban J connectivity index is 0.00000165. The van der Waals surface area contributed by atoms with E-state index in [0.29, 0.717) is 19.8 Å². The van der Waals surface area contributed by atoms with E-state index in [1.165, 1.54) is 26.5 Å². The van der Waals surface area contributed by atoms with E-state index in [-0.39, 0.29) is 15.1 Å². The number of carbonyl (C=O) groups is 2. The van der Waals surface area contributed by atoms with Crippen LogP contribution < -0.4 is 9.81 Å². The van der Waals surface area contributed by atoms with Crippen LogP contribution in [0.15, 0.2) is 72.8 Å². The van der Waals surface area contributed by atoms with Crippen molar-refractivity contribution in [3.63, 3.8) is 0 Å². The Kier molecular flexibility index (Phi) is 18.9. The molecular formula is C43H71BiO7Si3. The summed E-state index contributed by atoms with van der Waals surface area (Å²) < 4.78 is 24.1. The van der Waals surface area contributed by atoms with Gasteiger partial charge in [0.25, 0.3) is 11.9 Å². The zero-order chi connectivity index (χ0) is 41.9. The van der Waals surface area contributed by atoms with Crippen molar-refractivity contribution in [2.24, 2.45) is 0 Å². The van der Waals surface area contributed by atoms with E-state index in [1.54, 1.807) is 0 Å². The van der Waals surface area contributed by atoms with E-state index in [2.05, 4.69) is 174 Å². The van der Waals surface area contributed by atoms with E-state index in [4.69, 9.17) is 33.1 Å². The topological polar surface area (TPSA) is 102 Å². The van der Waals surface area contributed by atoms with E-state index in [9.17, 15) is 0 Å². The van der Waals surface area contributed by atoms with Crippen LogP contribution >= 0.6 is 0 Å². The molecule has 11 heteroatoms. The number of rotatable bonds is 12. The molecule has 0 spiro atoms. The summed E-state index contributed by atoms with van der Waals surface area (Å²) in [6.45, 7) is 38.9. The first kappa shape index (κ1) is 50.0. The second-order valence-electron chi connectivity index (χ2n) is 18.5. The molecule has 3 aromatic rings. The Hall–Kier alpha value is -1.99. The number of hydrogen-bond donors (Lipinski definition) is 2. The average molecular weight is 993 g/mol. The molecule has 0 unspecified atom stereocenters. The SMILES string of the molecule is CC(=O)O.CC(=O)O.CC(C)(C)[Si](C)(C)OCc1cc[c]([Bi]([c]2ccc(CO[Si](C)(C)C(C)(C)C)cc2)[c]2ccc(CO[Si](C)(C)C(C)(C)C)cc2)cc1. The first-order valence-electron chi connectivity index (χ1n) is 18.8. The second kappa shape index (κ2) is 20.4. The van der Waals surface area contributed by atoms with Gasteiger partial charge in [-0.2, -0.15) is 0 Å². The number of hydrogen-bond acceptors (Lipinski definition) is 5. The summed E-state index contributed by atoms with van der Waals surface area (Å²) in [7, 11) is -5.40. The van der Waals surface area contributed by atoms with Gasteiger partial charge in [-0.15, -0.1) is 0 Å². The van der Waals surface area contributed by atoms with Crippen LogP contribution in [0, 0.1) is 0 Å². The molecule has 7 nitrogen and oxygen atoms in total. The fraction of sp³-hybridized carbons (Fsp3) is 0.535. The Morgan fingerprint density at radius 1 is 0.463 bits per heavy atom. The first-order chi connectivity index (χ1) is 24.4. The second-order valence-corrected chi connectivity index (χ2v) is 41.6. The summed E-state index contributed by atoms with van der Waals surface area (Å²) >= 11 is -2.57. The number of benzene rings is 3. The Morgan fingerprint density at radius 2 is 0.630 bits per heavy atom. The molecule has 54 heavy (non-hydrogen) atoms. The molecule has 0 aromatic heterocycles. The van der Waals surface area contributed by atoms with Gasteiger partial charge in [0.1, 0.15) is 0 Å². The fourth-order valence-corrected chi connectivity index (χ4v) is 15.7. The Bertz CT molecular complexity index is 1400. The van der Waals surface area contributed by atoms with Crippen LogP contribution in [-0.2, 0) is 42.7 Å². The normalized spacial score (nSPS) is 12.7. The summed E-state index contributed by atoms with van der Waals surface area (Å²) in [6, 6.07) is 28.1. The fourth-order valence-electron chi connectivity index (χ4n) is 4.11. The Labute approximate surface area is 339 Å².